The van der Waals surface area contributed by atoms with Gasteiger partial charge in [0.05, 0.1) is 11.4 Å². The van der Waals surface area contributed by atoms with Gasteiger partial charge in [-0.2, -0.15) is 0 Å². The number of hydrogen-bond donors (Lipinski definition) is 0. The maximum atomic E-state index is 11.4. The van der Waals surface area contributed by atoms with E-state index in [-0.39, 0.29) is 22.8 Å². The molecule has 1 aromatic carbocycles. The summed E-state index contributed by atoms with van der Waals surface area (Å²) in [6.07, 6.45) is -0.158. The van der Waals surface area contributed by atoms with Gasteiger partial charge in [-0.25, -0.2) is 0 Å². The van der Waals surface area contributed by atoms with Crippen LogP contribution in [0.15, 0.2) is 18.2 Å². The highest BCUT2D eigenvalue weighted by Gasteiger charge is 2.13. The smallest absolute Gasteiger partial charge is 0.211 e. The fraction of sp³-hybridized carbons (Fsp3) is 0.222. The lowest BCUT2D eigenvalue weighted by atomic mass is 10.1. The van der Waals surface area contributed by atoms with Gasteiger partial charge in [0.25, 0.3) is 0 Å². The topological polar surface area (TPSA) is 60.2 Å². The van der Waals surface area contributed by atoms with Crippen molar-refractivity contribution in [2.45, 2.75) is 6.42 Å². The first kappa shape index (κ1) is 11.9. The molecule has 4 nitrogen and oxygen atoms in total. The number of carbonyl (C=O) groups is 1. The lowest BCUT2D eigenvalue weighted by Crippen LogP contribution is -2.08. The van der Waals surface area contributed by atoms with E-state index in [1.165, 1.54) is 18.2 Å². The standard InChI is InChI=1S/C9H7Cl2NO3/c10-6-1-2-7(8(11)5-6)9(13)3-4-12(14)15/h1-2,5H,3-4H2. The molecule has 0 N–H and O–H groups in total. The SMILES string of the molecule is O=C(CC[N+](=O)[O-])c1ccc(Cl)cc1Cl. The number of nitro groups is 1. The molecule has 0 amide bonds. The van der Waals surface area contributed by atoms with E-state index in [0.717, 1.165) is 0 Å². The maximum absolute atomic E-state index is 11.4. The van der Waals surface area contributed by atoms with Crippen molar-refractivity contribution >= 4 is 29.0 Å². The molecule has 80 valence electrons. The summed E-state index contributed by atoms with van der Waals surface area (Å²) in [5, 5.41) is 10.7. The average molecular weight is 248 g/mol. The molecule has 15 heavy (non-hydrogen) atoms. The molecule has 1 rings (SSSR count). The Hall–Kier alpha value is -1.13. The molecule has 0 saturated carbocycles. The summed E-state index contributed by atoms with van der Waals surface area (Å²) in [6.45, 7) is -0.391. The fourth-order valence-electron chi connectivity index (χ4n) is 1.04. The van der Waals surface area contributed by atoms with Crippen molar-refractivity contribution in [1.82, 2.24) is 0 Å². The van der Waals surface area contributed by atoms with E-state index in [9.17, 15) is 14.9 Å². The van der Waals surface area contributed by atoms with Crippen LogP contribution >= 0.6 is 23.2 Å². The van der Waals surface area contributed by atoms with Crippen molar-refractivity contribution < 1.29 is 9.72 Å². The molecule has 0 aliphatic rings. The largest absolute Gasteiger partial charge is 0.294 e. The summed E-state index contributed by atoms with van der Waals surface area (Å²) in [7, 11) is 0. The second-order valence-corrected chi connectivity index (χ2v) is 3.70. The number of nitrogens with zero attached hydrogens (tertiary/aromatic N) is 1. The van der Waals surface area contributed by atoms with Crippen molar-refractivity contribution in [3.63, 3.8) is 0 Å². The van der Waals surface area contributed by atoms with Gasteiger partial charge in [0.15, 0.2) is 5.78 Å². The third kappa shape index (κ3) is 3.49. The molecule has 0 unspecified atom stereocenters. The summed E-state index contributed by atoms with van der Waals surface area (Å²) < 4.78 is 0. The van der Waals surface area contributed by atoms with Crippen LogP contribution in [0.2, 0.25) is 10.0 Å². The van der Waals surface area contributed by atoms with Crippen LogP contribution < -0.4 is 0 Å². The Kier molecular flexibility index (Phi) is 4.05. The maximum Gasteiger partial charge on any atom is 0.211 e. The molecule has 0 aliphatic carbocycles. The van der Waals surface area contributed by atoms with Crippen LogP contribution in [0, 0.1) is 10.1 Å². The second kappa shape index (κ2) is 5.09. The number of Topliss-reactive ketones (excluding diaryl/α,β-unsaturated/α-hetero) is 1. The first-order valence-electron chi connectivity index (χ1n) is 4.11. The molecule has 0 atom stereocenters. The van der Waals surface area contributed by atoms with E-state index < -0.39 is 11.5 Å². The highest BCUT2D eigenvalue weighted by molar-refractivity contribution is 6.36. The Morgan fingerprint density at radius 1 is 1.40 bits per heavy atom. The minimum absolute atomic E-state index is 0.158. The van der Waals surface area contributed by atoms with Gasteiger partial charge in [-0.15, -0.1) is 0 Å². The van der Waals surface area contributed by atoms with Crippen LogP contribution in [-0.4, -0.2) is 17.3 Å². The third-order valence-corrected chi connectivity index (χ3v) is 2.30. The van der Waals surface area contributed by atoms with Crippen molar-refractivity contribution in [2.75, 3.05) is 6.54 Å². The van der Waals surface area contributed by atoms with E-state index in [2.05, 4.69) is 0 Å². The summed E-state index contributed by atoms with van der Waals surface area (Å²) in [5.41, 5.74) is 0.267. The zero-order valence-corrected chi connectivity index (χ0v) is 9.09. The molecule has 0 heterocycles. The molecule has 0 spiro atoms. The molecule has 0 fully saturated rings. The summed E-state index contributed by atoms with van der Waals surface area (Å²) in [4.78, 5) is 21.0. The van der Waals surface area contributed by atoms with E-state index >= 15 is 0 Å². The Balaban J connectivity index is 2.78. The lowest BCUT2D eigenvalue weighted by molar-refractivity contribution is -0.478. The highest BCUT2D eigenvalue weighted by atomic mass is 35.5. The predicted octanol–water partition coefficient (Wildman–Crippen LogP) is 2.84. The number of benzene rings is 1. The van der Waals surface area contributed by atoms with Crippen LogP contribution in [0.1, 0.15) is 16.8 Å². The molecule has 0 aromatic heterocycles. The highest BCUT2D eigenvalue weighted by Crippen LogP contribution is 2.21. The number of ketones is 1. The third-order valence-electron chi connectivity index (χ3n) is 1.75. The van der Waals surface area contributed by atoms with Crippen molar-refractivity contribution in [3.8, 4) is 0 Å². The fourth-order valence-corrected chi connectivity index (χ4v) is 1.56. The van der Waals surface area contributed by atoms with Gasteiger partial charge in [0, 0.05) is 15.5 Å². The zero-order chi connectivity index (χ0) is 11.4. The van der Waals surface area contributed by atoms with E-state index in [0.29, 0.717) is 5.02 Å². The minimum Gasteiger partial charge on any atom is -0.294 e. The first-order valence-corrected chi connectivity index (χ1v) is 4.86. The van der Waals surface area contributed by atoms with Gasteiger partial charge in [-0.3, -0.25) is 14.9 Å². The molecular formula is C9H7Cl2NO3. The number of carbonyl (C=O) groups excluding carboxylic acids is 1. The van der Waals surface area contributed by atoms with Crippen molar-refractivity contribution in [1.29, 1.82) is 0 Å². The van der Waals surface area contributed by atoms with Crippen LogP contribution in [0.3, 0.4) is 0 Å². The second-order valence-electron chi connectivity index (χ2n) is 2.85. The van der Waals surface area contributed by atoms with E-state index in [4.69, 9.17) is 23.2 Å². The Bertz CT molecular complexity index is 406. The van der Waals surface area contributed by atoms with E-state index in [1.807, 2.05) is 0 Å². The van der Waals surface area contributed by atoms with Gasteiger partial charge in [-0.1, -0.05) is 23.2 Å². The molecule has 6 heteroatoms. The van der Waals surface area contributed by atoms with Gasteiger partial charge >= 0.3 is 0 Å². The molecule has 0 saturated heterocycles. The van der Waals surface area contributed by atoms with Crippen LogP contribution in [-0.2, 0) is 0 Å². The van der Waals surface area contributed by atoms with E-state index in [1.54, 1.807) is 0 Å². The number of halogens is 2. The van der Waals surface area contributed by atoms with Gasteiger partial charge in [-0.05, 0) is 18.2 Å². The lowest BCUT2D eigenvalue weighted by Gasteiger charge is -2.01. The average Bonchev–Trinajstić information content (AvgIpc) is 2.14. The molecule has 1 aromatic rings. The normalized spacial score (nSPS) is 10.0. The Morgan fingerprint density at radius 2 is 2.07 bits per heavy atom. The van der Waals surface area contributed by atoms with Gasteiger partial charge in [0.1, 0.15) is 0 Å². The van der Waals surface area contributed by atoms with Crippen LogP contribution in [0.4, 0.5) is 0 Å². The Morgan fingerprint density at radius 3 is 2.60 bits per heavy atom. The van der Waals surface area contributed by atoms with Crippen LogP contribution in [0.5, 0.6) is 0 Å². The number of rotatable bonds is 4. The molecule has 0 bridgehead atoms. The molecule has 0 aliphatic heterocycles. The van der Waals surface area contributed by atoms with Gasteiger partial charge < -0.3 is 0 Å². The first-order chi connectivity index (χ1) is 7.00. The van der Waals surface area contributed by atoms with Crippen molar-refractivity contribution in [3.05, 3.63) is 43.9 Å². The van der Waals surface area contributed by atoms with Gasteiger partial charge in [0.2, 0.25) is 6.54 Å². The quantitative estimate of drug-likeness (QED) is 0.467. The predicted molar refractivity (Wildman–Crippen MR) is 57.3 cm³/mol. The summed E-state index contributed by atoms with van der Waals surface area (Å²) >= 11 is 11.4. The van der Waals surface area contributed by atoms with Crippen LogP contribution in [0.25, 0.3) is 0 Å². The zero-order valence-electron chi connectivity index (χ0n) is 7.57. The monoisotopic (exact) mass is 247 g/mol. The molecule has 0 radical (unpaired) electrons. The molecular weight excluding hydrogens is 241 g/mol. The number of hydrogen-bond acceptors (Lipinski definition) is 3. The summed E-state index contributed by atoms with van der Waals surface area (Å²) in [5.74, 6) is -0.353. The van der Waals surface area contributed by atoms with Crippen molar-refractivity contribution in [2.24, 2.45) is 0 Å². The minimum atomic E-state index is -0.540. The summed E-state index contributed by atoms with van der Waals surface area (Å²) in [6, 6.07) is 4.42. The Labute approximate surface area is 95.9 Å².